The van der Waals surface area contributed by atoms with Gasteiger partial charge in [-0.2, -0.15) is 5.10 Å². The molecular weight excluding hydrogens is 398 g/mol. The van der Waals surface area contributed by atoms with Crippen molar-refractivity contribution < 1.29 is 14.3 Å². The normalized spacial score (nSPS) is 19.4. The smallest absolute Gasteiger partial charge is 0.253 e. The summed E-state index contributed by atoms with van der Waals surface area (Å²) in [5.74, 6) is -0.984. The summed E-state index contributed by atoms with van der Waals surface area (Å²) in [6.07, 6.45) is 1.52. The summed E-state index contributed by atoms with van der Waals surface area (Å²) in [4.78, 5) is 24.6. The predicted octanol–water partition coefficient (Wildman–Crippen LogP) is 2.44. The zero-order valence-electron chi connectivity index (χ0n) is 14.1. The van der Waals surface area contributed by atoms with Gasteiger partial charge in [0.2, 0.25) is 5.91 Å². The number of rotatable bonds is 5. The Morgan fingerprint density at radius 2 is 2.08 bits per heavy atom. The third-order valence-corrected chi connectivity index (χ3v) is 4.88. The van der Waals surface area contributed by atoms with Crippen LogP contribution in [-0.2, 0) is 9.59 Å². The quantitative estimate of drug-likeness (QED) is 0.447. The summed E-state index contributed by atoms with van der Waals surface area (Å²) < 4.78 is 5.96. The highest BCUT2D eigenvalue weighted by molar-refractivity contribution is 9.10. The molecule has 1 aliphatic rings. The van der Waals surface area contributed by atoms with Crippen LogP contribution in [0, 0.1) is 5.92 Å². The zero-order valence-corrected chi connectivity index (χ0v) is 15.7. The molecule has 134 valence electrons. The molecule has 0 saturated carbocycles. The van der Waals surface area contributed by atoms with Crippen LogP contribution < -0.4 is 15.5 Å². The maximum Gasteiger partial charge on any atom is 0.253 e. The Morgan fingerprint density at radius 3 is 2.77 bits per heavy atom. The molecule has 1 saturated heterocycles. The largest absolute Gasteiger partial charge is 0.496 e. The molecule has 1 aliphatic heterocycles. The van der Waals surface area contributed by atoms with Crippen LogP contribution in [0.4, 0.5) is 0 Å². The van der Waals surface area contributed by atoms with E-state index in [4.69, 9.17) is 4.74 Å². The minimum Gasteiger partial charge on any atom is -0.496 e. The summed E-state index contributed by atoms with van der Waals surface area (Å²) >= 11 is 3.40. The average Bonchev–Trinajstić information content (AvgIpc) is 3.04. The number of hydrogen-bond acceptors (Lipinski definition) is 4. The van der Waals surface area contributed by atoms with Gasteiger partial charge in [0.15, 0.2) is 0 Å². The summed E-state index contributed by atoms with van der Waals surface area (Å²) in [7, 11) is 1.59. The van der Waals surface area contributed by atoms with Crippen LogP contribution in [-0.4, -0.2) is 31.7 Å². The van der Waals surface area contributed by atoms with Crippen molar-refractivity contribution in [3.63, 3.8) is 0 Å². The minimum absolute atomic E-state index is 0.200. The van der Waals surface area contributed by atoms with Gasteiger partial charge in [0.25, 0.3) is 5.91 Å². The van der Waals surface area contributed by atoms with Crippen LogP contribution in [0.2, 0.25) is 0 Å². The minimum atomic E-state index is -0.794. The lowest BCUT2D eigenvalue weighted by Crippen LogP contribution is -2.34. The second kappa shape index (κ2) is 8.14. The topological polar surface area (TPSA) is 79.8 Å². The third kappa shape index (κ3) is 3.94. The Kier molecular flexibility index (Phi) is 5.68. The SMILES string of the molecule is COc1ccc(/C=N\NC(=O)[C@H]2C(=O)NC[C@@H]2c2ccccc2)cc1Br. The predicted molar refractivity (Wildman–Crippen MR) is 102 cm³/mol. The van der Waals surface area contributed by atoms with Crippen LogP contribution in [0.25, 0.3) is 0 Å². The molecule has 0 spiro atoms. The molecule has 7 heteroatoms. The second-order valence-electron chi connectivity index (χ2n) is 5.87. The monoisotopic (exact) mass is 415 g/mol. The Hall–Kier alpha value is -2.67. The van der Waals surface area contributed by atoms with E-state index in [0.29, 0.717) is 12.3 Å². The highest BCUT2D eigenvalue weighted by atomic mass is 79.9. The Morgan fingerprint density at radius 1 is 1.31 bits per heavy atom. The average molecular weight is 416 g/mol. The molecule has 2 amide bonds. The Bertz CT molecular complexity index is 839. The van der Waals surface area contributed by atoms with Gasteiger partial charge in [-0.1, -0.05) is 30.3 Å². The fraction of sp³-hybridized carbons (Fsp3) is 0.211. The number of amides is 2. The first-order valence-electron chi connectivity index (χ1n) is 8.09. The molecule has 2 aromatic carbocycles. The number of carbonyl (C=O) groups excluding carboxylic acids is 2. The number of halogens is 1. The lowest BCUT2D eigenvalue weighted by molar-refractivity contribution is -0.133. The van der Waals surface area contributed by atoms with Gasteiger partial charge in [-0.25, -0.2) is 5.43 Å². The van der Waals surface area contributed by atoms with Gasteiger partial charge >= 0.3 is 0 Å². The molecule has 0 radical (unpaired) electrons. The first-order chi connectivity index (χ1) is 12.6. The number of nitrogens with zero attached hydrogens (tertiary/aromatic N) is 1. The molecule has 1 heterocycles. The van der Waals surface area contributed by atoms with Crippen molar-refractivity contribution in [2.75, 3.05) is 13.7 Å². The number of ether oxygens (including phenoxy) is 1. The van der Waals surface area contributed by atoms with Gasteiger partial charge in [-0.3, -0.25) is 9.59 Å². The second-order valence-corrected chi connectivity index (χ2v) is 6.72. The standard InChI is InChI=1S/C19H18BrN3O3/c1-26-16-8-7-12(9-15(16)20)10-22-23-19(25)17-14(11-21-18(17)24)13-5-3-2-4-6-13/h2-10,14,17H,11H2,1H3,(H,21,24)(H,23,25)/b22-10-/t14-,17-/m1/s1. The van der Waals surface area contributed by atoms with Crippen molar-refractivity contribution in [3.05, 3.63) is 64.1 Å². The van der Waals surface area contributed by atoms with Crippen LogP contribution in [0.1, 0.15) is 17.0 Å². The van der Waals surface area contributed by atoms with Gasteiger partial charge in [-0.15, -0.1) is 0 Å². The Labute approximate surface area is 159 Å². The van der Waals surface area contributed by atoms with E-state index in [2.05, 4.69) is 31.8 Å². The number of benzene rings is 2. The van der Waals surface area contributed by atoms with Gasteiger partial charge in [0.1, 0.15) is 11.7 Å². The molecule has 1 fully saturated rings. The lowest BCUT2D eigenvalue weighted by Gasteiger charge is -2.15. The van der Waals surface area contributed by atoms with Crippen molar-refractivity contribution in [2.24, 2.45) is 11.0 Å². The van der Waals surface area contributed by atoms with E-state index >= 15 is 0 Å². The lowest BCUT2D eigenvalue weighted by atomic mass is 9.88. The number of hydrogen-bond donors (Lipinski definition) is 2. The summed E-state index contributed by atoms with van der Waals surface area (Å²) in [6.45, 7) is 0.441. The summed E-state index contributed by atoms with van der Waals surface area (Å²) in [5.41, 5.74) is 4.21. The fourth-order valence-corrected chi connectivity index (χ4v) is 3.49. The number of methoxy groups -OCH3 is 1. The maximum atomic E-state index is 12.5. The zero-order chi connectivity index (χ0) is 18.5. The number of carbonyl (C=O) groups is 2. The number of nitrogens with one attached hydrogen (secondary N) is 2. The molecule has 2 atom stereocenters. The third-order valence-electron chi connectivity index (χ3n) is 4.26. The molecule has 2 aromatic rings. The summed E-state index contributed by atoms with van der Waals surface area (Å²) in [5, 5.41) is 6.73. The van der Waals surface area contributed by atoms with E-state index < -0.39 is 11.8 Å². The van der Waals surface area contributed by atoms with E-state index in [1.54, 1.807) is 13.2 Å². The molecule has 0 bridgehead atoms. The van der Waals surface area contributed by atoms with Gasteiger partial charge in [-0.05, 0) is 45.3 Å². The first-order valence-corrected chi connectivity index (χ1v) is 8.88. The summed E-state index contributed by atoms with van der Waals surface area (Å²) in [6, 6.07) is 15.0. The van der Waals surface area contributed by atoms with Crippen molar-refractivity contribution in [1.29, 1.82) is 0 Å². The van der Waals surface area contributed by atoms with Crippen LogP contribution in [0.15, 0.2) is 58.1 Å². The van der Waals surface area contributed by atoms with E-state index in [1.807, 2.05) is 42.5 Å². The van der Waals surface area contributed by atoms with E-state index in [-0.39, 0.29) is 11.8 Å². The van der Waals surface area contributed by atoms with E-state index in [0.717, 1.165) is 15.6 Å². The fourth-order valence-electron chi connectivity index (χ4n) is 2.94. The number of hydrazone groups is 1. The van der Waals surface area contributed by atoms with Gasteiger partial charge in [0, 0.05) is 12.5 Å². The maximum absolute atomic E-state index is 12.5. The molecule has 0 aromatic heterocycles. The molecule has 26 heavy (non-hydrogen) atoms. The van der Waals surface area contributed by atoms with E-state index in [9.17, 15) is 9.59 Å². The van der Waals surface area contributed by atoms with E-state index in [1.165, 1.54) is 6.21 Å². The van der Waals surface area contributed by atoms with Crippen molar-refractivity contribution in [1.82, 2.24) is 10.7 Å². The molecule has 2 N–H and O–H groups in total. The highest BCUT2D eigenvalue weighted by Gasteiger charge is 2.40. The molecular formula is C19H18BrN3O3. The Balaban J connectivity index is 1.68. The molecule has 6 nitrogen and oxygen atoms in total. The van der Waals surface area contributed by atoms with Crippen LogP contribution >= 0.6 is 15.9 Å². The van der Waals surface area contributed by atoms with Crippen molar-refractivity contribution in [3.8, 4) is 5.75 Å². The first kappa shape index (κ1) is 18.1. The molecule has 0 aliphatic carbocycles. The van der Waals surface area contributed by atoms with Gasteiger partial charge in [0.05, 0.1) is 17.8 Å². The molecule has 3 rings (SSSR count). The van der Waals surface area contributed by atoms with Gasteiger partial charge < -0.3 is 10.1 Å². The van der Waals surface area contributed by atoms with Crippen molar-refractivity contribution in [2.45, 2.75) is 5.92 Å². The van der Waals surface area contributed by atoms with Crippen molar-refractivity contribution >= 4 is 34.0 Å². The van der Waals surface area contributed by atoms with Crippen LogP contribution in [0.3, 0.4) is 0 Å². The molecule has 0 unspecified atom stereocenters. The highest BCUT2D eigenvalue weighted by Crippen LogP contribution is 2.29. The van der Waals surface area contributed by atoms with Crippen LogP contribution in [0.5, 0.6) is 5.75 Å².